The van der Waals surface area contributed by atoms with Gasteiger partial charge in [-0.25, -0.2) is 9.59 Å². The summed E-state index contributed by atoms with van der Waals surface area (Å²) < 4.78 is 11.7. The zero-order valence-electron chi connectivity index (χ0n) is 18.4. The van der Waals surface area contributed by atoms with Gasteiger partial charge in [-0.2, -0.15) is 5.10 Å². The number of aromatic nitrogens is 2. The number of amides is 2. The number of hydrogen-bond acceptors (Lipinski definition) is 5. The zero-order valence-corrected chi connectivity index (χ0v) is 18.4. The largest absolute Gasteiger partial charge is 0.463 e. The summed E-state index contributed by atoms with van der Waals surface area (Å²) in [5.74, 6) is 0.701. The van der Waals surface area contributed by atoms with Crippen LogP contribution in [-0.2, 0) is 11.3 Å². The number of urea groups is 1. The first-order chi connectivity index (χ1) is 14.8. The average molecular weight is 425 g/mol. The van der Waals surface area contributed by atoms with Gasteiger partial charge < -0.3 is 19.8 Å². The smallest absolute Gasteiger partial charge is 0.373 e. The molecule has 1 aromatic carbocycles. The van der Waals surface area contributed by atoms with E-state index in [9.17, 15) is 9.59 Å². The molecule has 2 heterocycles. The van der Waals surface area contributed by atoms with Crippen molar-refractivity contribution in [2.24, 2.45) is 0 Å². The third-order valence-corrected chi connectivity index (χ3v) is 4.87. The monoisotopic (exact) mass is 424 g/mol. The van der Waals surface area contributed by atoms with E-state index >= 15 is 0 Å². The van der Waals surface area contributed by atoms with Crippen LogP contribution in [0.15, 0.2) is 47.1 Å². The van der Waals surface area contributed by atoms with Gasteiger partial charge in [-0.1, -0.05) is 45.9 Å². The molecule has 8 heteroatoms. The fourth-order valence-electron chi connectivity index (χ4n) is 3.32. The maximum Gasteiger partial charge on any atom is 0.373 e. The van der Waals surface area contributed by atoms with Crippen LogP contribution in [0.25, 0.3) is 0 Å². The predicted octanol–water partition coefficient (Wildman–Crippen LogP) is 5.20. The summed E-state index contributed by atoms with van der Waals surface area (Å²) >= 11 is 0. The van der Waals surface area contributed by atoms with Crippen molar-refractivity contribution < 1.29 is 18.7 Å². The van der Waals surface area contributed by atoms with Crippen molar-refractivity contribution in [2.75, 3.05) is 17.7 Å². The summed E-state index contributed by atoms with van der Waals surface area (Å²) in [4.78, 5) is 24.2. The number of nitrogens with one attached hydrogen (secondary N) is 2. The maximum atomic E-state index is 12.7. The Morgan fingerprint density at radius 2 is 1.74 bits per heavy atom. The molecule has 0 spiro atoms. The molecule has 2 N–H and O–H groups in total. The van der Waals surface area contributed by atoms with Gasteiger partial charge in [0.1, 0.15) is 5.76 Å². The molecule has 0 aliphatic carbocycles. The van der Waals surface area contributed by atoms with Gasteiger partial charge in [-0.3, -0.25) is 4.68 Å². The molecule has 164 valence electrons. The van der Waals surface area contributed by atoms with E-state index in [1.165, 1.54) is 7.11 Å². The Hall–Kier alpha value is -3.55. The molecular formula is C23H28N4O4. The Balaban J connectivity index is 1.68. The van der Waals surface area contributed by atoms with Crippen LogP contribution in [0.2, 0.25) is 0 Å². The van der Waals surface area contributed by atoms with E-state index in [0.29, 0.717) is 18.0 Å². The highest BCUT2D eigenvalue weighted by molar-refractivity contribution is 6.00. The van der Waals surface area contributed by atoms with Gasteiger partial charge in [0.2, 0.25) is 5.76 Å². The minimum atomic E-state index is -0.534. The summed E-state index contributed by atoms with van der Waals surface area (Å²) in [6, 6.07) is 9.00. The highest BCUT2D eigenvalue weighted by atomic mass is 16.5. The Kier molecular flexibility index (Phi) is 6.79. The van der Waals surface area contributed by atoms with E-state index in [-0.39, 0.29) is 23.6 Å². The number of rotatable bonds is 7. The van der Waals surface area contributed by atoms with E-state index < -0.39 is 5.97 Å². The minimum absolute atomic E-state index is 0.132. The van der Waals surface area contributed by atoms with Crippen LogP contribution < -0.4 is 10.6 Å². The Morgan fingerprint density at radius 1 is 1.06 bits per heavy atom. The first-order valence-corrected chi connectivity index (χ1v) is 10.2. The second kappa shape index (κ2) is 9.51. The van der Waals surface area contributed by atoms with Gasteiger partial charge in [0.15, 0.2) is 0 Å². The molecule has 31 heavy (non-hydrogen) atoms. The van der Waals surface area contributed by atoms with Crippen molar-refractivity contribution >= 4 is 23.4 Å². The quantitative estimate of drug-likeness (QED) is 0.508. The van der Waals surface area contributed by atoms with Crippen molar-refractivity contribution in [2.45, 2.75) is 46.1 Å². The SMILES string of the molecule is COC(=O)c1ccc(Cn2cc(NC(=O)Nc3c(C(C)C)cccc3C(C)C)cn2)o1. The summed E-state index contributed by atoms with van der Waals surface area (Å²) in [7, 11) is 1.30. The van der Waals surface area contributed by atoms with Crippen molar-refractivity contribution in [3.05, 3.63) is 65.4 Å². The van der Waals surface area contributed by atoms with E-state index in [4.69, 9.17) is 4.42 Å². The Labute approximate surface area is 181 Å². The molecule has 0 fully saturated rings. The number of hydrogen-bond donors (Lipinski definition) is 2. The molecule has 0 saturated heterocycles. The van der Waals surface area contributed by atoms with Crippen LogP contribution in [0, 0.1) is 0 Å². The molecular weight excluding hydrogens is 396 g/mol. The molecule has 0 saturated carbocycles. The number of para-hydroxylation sites is 1. The average Bonchev–Trinajstić information content (AvgIpc) is 3.37. The first-order valence-electron chi connectivity index (χ1n) is 10.2. The number of esters is 1. The molecule has 0 aliphatic rings. The number of benzene rings is 1. The molecule has 3 aromatic rings. The molecule has 0 bridgehead atoms. The second-order valence-corrected chi connectivity index (χ2v) is 7.88. The number of ether oxygens (including phenoxy) is 1. The summed E-state index contributed by atoms with van der Waals surface area (Å²) in [6.07, 6.45) is 3.25. The molecule has 2 aromatic heterocycles. The summed E-state index contributed by atoms with van der Waals surface area (Å²) in [6.45, 7) is 8.73. The van der Waals surface area contributed by atoms with E-state index in [1.54, 1.807) is 29.2 Å². The predicted molar refractivity (Wildman–Crippen MR) is 119 cm³/mol. The lowest BCUT2D eigenvalue weighted by Gasteiger charge is -2.20. The van der Waals surface area contributed by atoms with Crippen molar-refractivity contribution in [3.8, 4) is 0 Å². The number of carbonyl (C=O) groups excluding carboxylic acids is 2. The van der Waals surface area contributed by atoms with E-state index in [0.717, 1.165) is 16.8 Å². The number of anilines is 2. The van der Waals surface area contributed by atoms with Gasteiger partial charge in [0.25, 0.3) is 0 Å². The van der Waals surface area contributed by atoms with Crippen LogP contribution in [0.4, 0.5) is 16.2 Å². The lowest BCUT2D eigenvalue weighted by Crippen LogP contribution is -2.21. The van der Waals surface area contributed by atoms with Crippen LogP contribution in [0.3, 0.4) is 0 Å². The highest BCUT2D eigenvalue weighted by Crippen LogP contribution is 2.32. The molecule has 0 atom stereocenters. The Bertz CT molecular complexity index is 1040. The Morgan fingerprint density at radius 3 is 2.35 bits per heavy atom. The number of furan rings is 1. The van der Waals surface area contributed by atoms with E-state index in [1.807, 2.05) is 18.2 Å². The molecule has 2 amide bonds. The molecule has 8 nitrogen and oxygen atoms in total. The summed E-state index contributed by atoms with van der Waals surface area (Å²) in [5, 5.41) is 10.1. The molecule has 0 unspecified atom stereocenters. The van der Waals surface area contributed by atoms with Crippen molar-refractivity contribution in [1.29, 1.82) is 0 Å². The number of carbonyl (C=O) groups is 2. The van der Waals surface area contributed by atoms with Crippen molar-refractivity contribution in [1.82, 2.24) is 9.78 Å². The van der Waals surface area contributed by atoms with Crippen molar-refractivity contribution in [3.63, 3.8) is 0 Å². The van der Waals surface area contributed by atoms with E-state index in [2.05, 4.69) is 48.2 Å². The lowest BCUT2D eigenvalue weighted by molar-refractivity contribution is 0.0562. The fraction of sp³-hybridized carbons (Fsp3) is 0.348. The van der Waals surface area contributed by atoms with Gasteiger partial charge in [-0.15, -0.1) is 0 Å². The lowest BCUT2D eigenvalue weighted by atomic mass is 9.93. The van der Waals surface area contributed by atoms with Gasteiger partial charge in [0, 0.05) is 11.9 Å². The number of methoxy groups -OCH3 is 1. The normalized spacial score (nSPS) is 11.1. The van der Waals surface area contributed by atoms with Gasteiger partial charge in [0.05, 0.1) is 25.5 Å². The maximum absolute atomic E-state index is 12.7. The topological polar surface area (TPSA) is 98.4 Å². The third-order valence-electron chi connectivity index (χ3n) is 4.87. The molecule has 0 radical (unpaired) electrons. The molecule has 3 rings (SSSR count). The fourth-order valence-corrected chi connectivity index (χ4v) is 3.32. The summed E-state index contributed by atoms with van der Waals surface area (Å²) in [5.41, 5.74) is 3.58. The van der Waals surface area contributed by atoms with Gasteiger partial charge in [-0.05, 0) is 35.1 Å². The zero-order chi connectivity index (χ0) is 22.5. The standard InChI is InChI=1S/C23H28N4O4/c1-14(2)18-7-6-8-19(15(3)4)21(18)26-23(29)25-16-11-24-27(12-16)13-17-9-10-20(31-17)22(28)30-5/h6-12,14-15H,13H2,1-5H3,(H2,25,26,29). The molecule has 0 aliphatic heterocycles. The highest BCUT2D eigenvalue weighted by Gasteiger charge is 2.17. The number of nitrogens with zero attached hydrogens (tertiary/aromatic N) is 2. The second-order valence-electron chi connectivity index (χ2n) is 7.88. The van der Waals surface area contributed by atoms with Crippen LogP contribution >= 0.6 is 0 Å². The first kappa shape index (κ1) is 22.1. The third kappa shape index (κ3) is 5.33. The van der Waals surface area contributed by atoms with Crippen LogP contribution in [0.5, 0.6) is 0 Å². The van der Waals surface area contributed by atoms with Crippen LogP contribution in [0.1, 0.15) is 67.0 Å². The minimum Gasteiger partial charge on any atom is -0.463 e. The van der Waals surface area contributed by atoms with Gasteiger partial charge >= 0.3 is 12.0 Å². The van der Waals surface area contributed by atoms with Crippen LogP contribution in [-0.4, -0.2) is 28.9 Å².